The van der Waals surface area contributed by atoms with E-state index >= 15 is 0 Å². The molecule has 4 nitrogen and oxygen atoms in total. The fraction of sp³-hybridized carbons (Fsp3) is 0.600. The van der Waals surface area contributed by atoms with E-state index in [0.29, 0.717) is 0 Å². The van der Waals surface area contributed by atoms with Crippen LogP contribution in [0.1, 0.15) is 50.6 Å². The fourth-order valence-electron chi connectivity index (χ4n) is 2.18. The summed E-state index contributed by atoms with van der Waals surface area (Å²) < 4.78 is 9.55. The number of rotatable bonds is 3. The maximum Gasteiger partial charge on any atom is 0.412 e. The highest BCUT2D eigenvalue weighted by Gasteiger charge is 2.22. The zero-order valence-corrected chi connectivity index (χ0v) is 14.8. The van der Waals surface area contributed by atoms with Crippen molar-refractivity contribution in [2.24, 2.45) is 0 Å². The van der Waals surface area contributed by atoms with Crippen LogP contribution in [0.4, 0.5) is 10.5 Å². The van der Waals surface area contributed by atoms with Crippen molar-refractivity contribution in [2.45, 2.75) is 60.0 Å². The lowest BCUT2D eigenvalue weighted by Crippen LogP contribution is -2.22. The minimum atomic E-state index is -0.456. The van der Waals surface area contributed by atoms with Crippen molar-refractivity contribution in [1.29, 1.82) is 0 Å². The average Bonchev–Trinajstić information content (AvgIpc) is 3.01. The van der Waals surface area contributed by atoms with Gasteiger partial charge in [-0.1, -0.05) is 25.4 Å². The van der Waals surface area contributed by atoms with Gasteiger partial charge in [-0.3, -0.25) is 5.32 Å². The summed E-state index contributed by atoms with van der Waals surface area (Å²) in [6, 6.07) is 0. The molecular weight excluding hydrogens is 308 g/mol. The highest BCUT2D eigenvalue weighted by Crippen LogP contribution is 2.32. The smallest absolute Gasteiger partial charge is 0.412 e. The van der Waals surface area contributed by atoms with Crippen LogP contribution in [-0.4, -0.2) is 16.6 Å². The largest absolute Gasteiger partial charge is 0.442 e. The van der Waals surface area contributed by atoms with Crippen molar-refractivity contribution in [3.63, 3.8) is 0 Å². The van der Waals surface area contributed by atoms with E-state index in [4.69, 9.17) is 16.3 Å². The molecule has 21 heavy (non-hydrogen) atoms. The number of allylic oxidation sites excluding steroid dienone is 1. The monoisotopic (exact) mass is 330 g/mol. The first-order valence-corrected chi connectivity index (χ1v) is 8.42. The van der Waals surface area contributed by atoms with Crippen LogP contribution >= 0.6 is 23.1 Å². The van der Waals surface area contributed by atoms with Crippen LogP contribution in [0.2, 0.25) is 0 Å². The van der Waals surface area contributed by atoms with Gasteiger partial charge < -0.3 is 4.74 Å². The van der Waals surface area contributed by atoms with Gasteiger partial charge in [0, 0.05) is 9.91 Å². The highest BCUT2D eigenvalue weighted by molar-refractivity contribution is 7.06. The summed E-state index contributed by atoms with van der Waals surface area (Å²) in [5.74, 6) is 0. The predicted octanol–water partition coefficient (Wildman–Crippen LogP) is 5.40. The van der Waals surface area contributed by atoms with E-state index in [-0.39, 0.29) is 6.10 Å². The van der Waals surface area contributed by atoms with Gasteiger partial charge in [-0.2, -0.15) is 4.37 Å². The van der Waals surface area contributed by atoms with E-state index in [2.05, 4.69) is 9.69 Å². The summed E-state index contributed by atoms with van der Waals surface area (Å²) >= 11 is 7.48. The van der Waals surface area contributed by atoms with Gasteiger partial charge in [0.25, 0.3) is 0 Å². The van der Waals surface area contributed by atoms with Crippen molar-refractivity contribution in [3.8, 4) is 0 Å². The standard InChI is InChI=1S/C13H17ClN2O2S.C2H6/c1-7-12(9(3)19-16-7)15-13(17)18-8(2)10-5-4-6-11(10)14;1-2/h8H,4-6H2,1-3H3,(H,15,17);1-2H3. The molecule has 1 heterocycles. The van der Waals surface area contributed by atoms with E-state index in [1.807, 2.05) is 34.6 Å². The van der Waals surface area contributed by atoms with Gasteiger partial charge >= 0.3 is 6.09 Å². The topological polar surface area (TPSA) is 51.2 Å². The first-order valence-electron chi connectivity index (χ1n) is 7.27. The Morgan fingerprint density at radius 2 is 2.05 bits per heavy atom. The van der Waals surface area contributed by atoms with Crippen LogP contribution in [0.5, 0.6) is 0 Å². The number of aryl methyl sites for hydroxylation is 2. The van der Waals surface area contributed by atoms with Gasteiger partial charge in [-0.05, 0) is 57.1 Å². The van der Waals surface area contributed by atoms with Gasteiger partial charge in [0.05, 0.1) is 11.4 Å². The molecule has 0 saturated heterocycles. The zero-order valence-electron chi connectivity index (χ0n) is 13.2. The van der Waals surface area contributed by atoms with Gasteiger partial charge in [-0.25, -0.2) is 4.79 Å². The van der Waals surface area contributed by atoms with E-state index in [0.717, 1.165) is 46.1 Å². The summed E-state index contributed by atoms with van der Waals surface area (Å²) in [7, 11) is 0. The number of amides is 1. The molecule has 1 atom stereocenters. The third-order valence-electron chi connectivity index (χ3n) is 3.23. The summed E-state index contributed by atoms with van der Waals surface area (Å²) in [6.07, 6.45) is 2.10. The molecule has 118 valence electrons. The Morgan fingerprint density at radius 1 is 1.38 bits per heavy atom. The van der Waals surface area contributed by atoms with Crippen LogP contribution in [0.25, 0.3) is 0 Å². The van der Waals surface area contributed by atoms with Crippen molar-refractivity contribution >= 4 is 34.9 Å². The molecule has 0 spiro atoms. The molecule has 0 radical (unpaired) electrons. The number of nitrogens with zero attached hydrogens (tertiary/aromatic N) is 1. The number of hydrogen-bond donors (Lipinski definition) is 1. The van der Waals surface area contributed by atoms with Crippen LogP contribution in [0.3, 0.4) is 0 Å². The van der Waals surface area contributed by atoms with E-state index < -0.39 is 6.09 Å². The van der Waals surface area contributed by atoms with E-state index in [9.17, 15) is 4.79 Å². The Balaban J connectivity index is 0.00000106. The number of ether oxygens (including phenoxy) is 1. The Kier molecular flexibility index (Phi) is 7.18. The van der Waals surface area contributed by atoms with Gasteiger partial charge in [0.2, 0.25) is 0 Å². The van der Waals surface area contributed by atoms with Crippen LogP contribution in [-0.2, 0) is 4.74 Å². The third kappa shape index (κ3) is 4.71. The van der Waals surface area contributed by atoms with E-state index in [1.165, 1.54) is 11.5 Å². The molecule has 1 amide bonds. The quantitative estimate of drug-likeness (QED) is 0.807. The van der Waals surface area contributed by atoms with Crippen LogP contribution in [0, 0.1) is 13.8 Å². The van der Waals surface area contributed by atoms with Gasteiger partial charge in [0.1, 0.15) is 6.10 Å². The minimum Gasteiger partial charge on any atom is -0.442 e. The molecule has 0 fully saturated rings. The van der Waals surface area contributed by atoms with E-state index in [1.54, 1.807) is 0 Å². The minimum absolute atomic E-state index is 0.276. The normalized spacial score (nSPS) is 15.3. The summed E-state index contributed by atoms with van der Waals surface area (Å²) in [4.78, 5) is 12.8. The van der Waals surface area contributed by atoms with Crippen LogP contribution in [0.15, 0.2) is 10.6 Å². The molecule has 0 saturated carbocycles. The SMILES string of the molecule is CC.Cc1nsc(C)c1NC(=O)OC(C)C1=C(Cl)CCC1. The Bertz CT molecular complexity index is 506. The fourth-order valence-corrected chi connectivity index (χ4v) is 3.22. The number of halogens is 1. The van der Waals surface area contributed by atoms with Crippen molar-refractivity contribution < 1.29 is 9.53 Å². The van der Waals surface area contributed by atoms with Gasteiger partial charge in [-0.15, -0.1) is 0 Å². The average molecular weight is 331 g/mol. The molecule has 1 N–H and O–H groups in total. The maximum absolute atomic E-state index is 11.9. The Morgan fingerprint density at radius 3 is 2.52 bits per heavy atom. The second-order valence-electron chi connectivity index (χ2n) is 4.66. The molecular formula is C15H23ClN2O2S. The molecule has 6 heteroatoms. The van der Waals surface area contributed by atoms with Crippen LogP contribution < -0.4 is 5.32 Å². The summed E-state index contributed by atoms with van der Waals surface area (Å²) in [5, 5.41) is 3.59. The number of carbonyl (C=O) groups is 1. The lowest BCUT2D eigenvalue weighted by Gasteiger charge is -2.15. The van der Waals surface area contributed by atoms with Gasteiger partial charge in [0.15, 0.2) is 0 Å². The molecule has 0 bridgehead atoms. The molecule has 0 aromatic carbocycles. The second-order valence-corrected chi connectivity index (χ2v) is 6.09. The molecule has 2 rings (SSSR count). The number of hydrogen-bond acceptors (Lipinski definition) is 4. The highest BCUT2D eigenvalue weighted by atomic mass is 35.5. The second kappa shape index (κ2) is 8.39. The number of carbonyl (C=O) groups excluding carboxylic acids is 1. The molecule has 1 aromatic rings. The first-order chi connectivity index (χ1) is 9.99. The summed E-state index contributed by atoms with van der Waals surface area (Å²) in [5.41, 5.74) is 2.59. The number of nitrogens with one attached hydrogen (secondary N) is 1. The Hall–Kier alpha value is -1.07. The number of anilines is 1. The third-order valence-corrected chi connectivity index (χ3v) is 4.50. The number of aromatic nitrogens is 1. The molecule has 0 aliphatic heterocycles. The molecule has 1 aliphatic rings. The first kappa shape index (κ1) is 18.0. The summed E-state index contributed by atoms with van der Waals surface area (Å²) in [6.45, 7) is 9.63. The molecule has 1 aliphatic carbocycles. The zero-order chi connectivity index (χ0) is 16.0. The molecule has 1 aromatic heterocycles. The van der Waals surface area contributed by atoms with Crippen molar-refractivity contribution in [3.05, 3.63) is 21.2 Å². The van der Waals surface area contributed by atoms with Crippen molar-refractivity contribution in [2.75, 3.05) is 5.32 Å². The lowest BCUT2D eigenvalue weighted by atomic mass is 10.1. The Labute approximate surface area is 135 Å². The molecule has 1 unspecified atom stereocenters. The van der Waals surface area contributed by atoms with Crippen molar-refractivity contribution in [1.82, 2.24) is 4.37 Å². The lowest BCUT2D eigenvalue weighted by molar-refractivity contribution is 0.136. The predicted molar refractivity (Wildman–Crippen MR) is 89.2 cm³/mol. The maximum atomic E-state index is 11.9.